The minimum Gasteiger partial charge on any atom is -0.388 e. The first-order chi connectivity index (χ1) is 12.1. The summed E-state index contributed by atoms with van der Waals surface area (Å²) in [5, 5.41) is 10.7. The molecule has 2 atom stereocenters. The highest BCUT2D eigenvalue weighted by Gasteiger charge is 2.36. The molecule has 3 heterocycles. The first-order valence-corrected chi connectivity index (χ1v) is 9.02. The molecule has 126 valence electrons. The van der Waals surface area contributed by atoms with Crippen molar-refractivity contribution < 1.29 is 14.5 Å². The van der Waals surface area contributed by atoms with E-state index in [9.17, 15) is 9.90 Å². The zero-order chi connectivity index (χ0) is 17.4. The number of aliphatic hydroxyl groups excluding tert-OH is 1. The number of aromatic nitrogens is 2. The summed E-state index contributed by atoms with van der Waals surface area (Å²) >= 11 is 3.56. The number of nitrogens with zero attached hydrogens (tertiary/aromatic N) is 2. The summed E-state index contributed by atoms with van der Waals surface area (Å²) in [6, 6.07) is 15.6. The Morgan fingerprint density at radius 1 is 1.16 bits per heavy atom. The SMILES string of the molecule is O=C1c2cccn2C[C@@H]1[C@@H](O)c1cc[n+](Cc2ccccc2Br)cc1. The predicted molar refractivity (Wildman–Crippen MR) is 97.1 cm³/mol. The van der Waals surface area contributed by atoms with E-state index >= 15 is 0 Å². The molecule has 3 aromatic rings. The second-order valence-corrected chi connectivity index (χ2v) is 7.21. The third-order valence-corrected chi connectivity index (χ3v) is 5.54. The summed E-state index contributed by atoms with van der Waals surface area (Å²) in [6.45, 7) is 1.28. The number of Topliss-reactive ketones (excluding diaryl/α,β-unsaturated/α-hetero) is 1. The molecular weight excluding hydrogens is 380 g/mol. The van der Waals surface area contributed by atoms with Gasteiger partial charge in [-0.05, 0) is 23.8 Å². The maximum atomic E-state index is 12.4. The van der Waals surface area contributed by atoms with Gasteiger partial charge < -0.3 is 9.67 Å². The molecule has 4 nitrogen and oxygen atoms in total. The number of carbonyl (C=O) groups is 1. The lowest BCUT2D eigenvalue weighted by atomic mass is 9.93. The molecule has 5 heteroatoms. The Bertz CT molecular complexity index is 917. The van der Waals surface area contributed by atoms with Crippen molar-refractivity contribution in [1.82, 2.24) is 4.57 Å². The Morgan fingerprint density at radius 3 is 2.64 bits per heavy atom. The van der Waals surface area contributed by atoms with Gasteiger partial charge in [0.25, 0.3) is 0 Å². The van der Waals surface area contributed by atoms with Crippen molar-refractivity contribution >= 4 is 21.7 Å². The maximum absolute atomic E-state index is 12.4. The van der Waals surface area contributed by atoms with Crippen molar-refractivity contribution in [2.75, 3.05) is 0 Å². The lowest BCUT2D eigenvalue weighted by molar-refractivity contribution is -0.688. The Labute approximate surface area is 154 Å². The fraction of sp³-hybridized carbons (Fsp3) is 0.200. The zero-order valence-electron chi connectivity index (χ0n) is 13.5. The van der Waals surface area contributed by atoms with Crippen LogP contribution in [-0.4, -0.2) is 15.5 Å². The molecule has 25 heavy (non-hydrogen) atoms. The smallest absolute Gasteiger partial charge is 0.187 e. The fourth-order valence-corrected chi connectivity index (χ4v) is 3.76. The van der Waals surface area contributed by atoms with Gasteiger partial charge in [0.2, 0.25) is 0 Å². The molecule has 1 aromatic carbocycles. The van der Waals surface area contributed by atoms with Crippen LogP contribution < -0.4 is 4.57 Å². The van der Waals surface area contributed by atoms with Gasteiger partial charge in [-0.1, -0.05) is 34.1 Å². The van der Waals surface area contributed by atoms with E-state index in [-0.39, 0.29) is 5.78 Å². The van der Waals surface area contributed by atoms with Crippen molar-refractivity contribution in [3.63, 3.8) is 0 Å². The minimum absolute atomic E-state index is 0.0162. The van der Waals surface area contributed by atoms with Gasteiger partial charge in [-0.25, -0.2) is 4.57 Å². The molecule has 1 N–H and O–H groups in total. The molecule has 0 aliphatic carbocycles. The Hall–Kier alpha value is -2.24. The van der Waals surface area contributed by atoms with E-state index in [4.69, 9.17) is 0 Å². The highest BCUT2D eigenvalue weighted by Crippen LogP contribution is 2.31. The number of aliphatic hydroxyl groups is 1. The van der Waals surface area contributed by atoms with Crippen LogP contribution in [0.2, 0.25) is 0 Å². The topological polar surface area (TPSA) is 46.1 Å². The summed E-state index contributed by atoms with van der Waals surface area (Å²) in [4.78, 5) is 12.4. The second kappa shape index (κ2) is 6.58. The number of pyridine rings is 1. The van der Waals surface area contributed by atoms with Gasteiger partial charge in [0.05, 0.1) is 17.7 Å². The highest BCUT2D eigenvalue weighted by atomic mass is 79.9. The van der Waals surface area contributed by atoms with Crippen molar-refractivity contribution in [2.24, 2.45) is 5.92 Å². The van der Waals surface area contributed by atoms with Gasteiger partial charge >= 0.3 is 0 Å². The number of carbonyl (C=O) groups excluding carboxylic acids is 1. The van der Waals surface area contributed by atoms with Crippen LogP contribution in [0.25, 0.3) is 0 Å². The maximum Gasteiger partial charge on any atom is 0.187 e. The highest BCUT2D eigenvalue weighted by molar-refractivity contribution is 9.10. The van der Waals surface area contributed by atoms with Crippen molar-refractivity contribution in [3.05, 3.63) is 88.4 Å². The van der Waals surface area contributed by atoms with Crippen LogP contribution >= 0.6 is 15.9 Å². The molecule has 0 unspecified atom stereocenters. The lowest BCUT2D eigenvalue weighted by Crippen LogP contribution is -2.33. The number of benzene rings is 1. The van der Waals surface area contributed by atoms with Crippen LogP contribution in [0.5, 0.6) is 0 Å². The Kier molecular flexibility index (Phi) is 4.27. The largest absolute Gasteiger partial charge is 0.388 e. The van der Waals surface area contributed by atoms with Crippen LogP contribution in [-0.2, 0) is 13.1 Å². The Balaban J connectivity index is 1.50. The molecule has 0 bridgehead atoms. The van der Waals surface area contributed by atoms with E-state index in [0.717, 1.165) is 16.6 Å². The lowest BCUT2D eigenvalue weighted by Gasteiger charge is -2.16. The monoisotopic (exact) mass is 397 g/mol. The molecule has 2 aromatic heterocycles. The van der Waals surface area contributed by atoms with E-state index in [1.165, 1.54) is 5.56 Å². The average Bonchev–Trinajstić information content (AvgIpc) is 3.20. The molecule has 4 rings (SSSR count). The summed E-state index contributed by atoms with van der Waals surface area (Å²) in [6.07, 6.45) is 4.98. The van der Waals surface area contributed by atoms with Crippen molar-refractivity contribution in [3.8, 4) is 0 Å². The predicted octanol–water partition coefficient (Wildman–Crippen LogP) is 3.13. The third kappa shape index (κ3) is 3.05. The fourth-order valence-electron chi connectivity index (χ4n) is 3.35. The zero-order valence-corrected chi connectivity index (χ0v) is 15.1. The molecule has 0 saturated carbocycles. The standard InChI is InChI=1S/C20H18BrN2O2/c21-17-5-2-1-4-15(17)12-22-10-7-14(8-11-22)19(24)16-13-23-9-3-6-18(23)20(16)25/h1-11,16,19,24H,12-13H2/q+1/t16-,19+/m1/s1. The molecular formula is C20H18BrN2O2+. The summed E-state index contributed by atoms with van der Waals surface area (Å²) < 4.78 is 5.04. The van der Waals surface area contributed by atoms with Crippen LogP contribution in [0.4, 0.5) is 0 Å². The van der Waals surface area contributed by atoms with E-state index in [1.807, 2.05) is 65.6 Å². The normalized spacial score (nSPS) is 17.5. The minimum atomic E-state index is -0.787. The van der Waals surface area contributed by atoms with Gasteiger partial charge in [-0.3, -0.25) is 4.79 Å². The van der Waals surface area contributed by atoms with Gasteiger partial charge in [-0.15, -0.1) is 0 Å². The number of ketones is 1. The number of halogens is 1. The number of fused-ring (bicyclic) bond motifs is 1. The van der Waals surface area contributed by atoms with Gasteiger partial charge in [0, 0.05) is 34.9 Å². The van der Waals surface area contributed by atoms with Gasteiger partial charge in [0.15, 0.2) is 24.7 Å². The third-order valence-electron chi connectivity index (χ3n) is 4.76. The first kappa shape index (κ1) is 16.2. The summed E-state index contributed by atoms with van der Waals surface area (Å²) in [5.74, 6) is -0.391. The number of hydrogen-bond acceptors (Lipinski definition) is 2. The van der Waals surface area contributed by atoms with E-state index < -0.39 is 12.0 Å². The van der Waals surface area contributed by atoms with Gasteiger partial charge in [0.1, 0.15) is 0 Å². The number of hydrogen-bond donors (Lipinski definition) is 1. The molecule has 1 aliphatic heterocycles. The molecule has 0 spiro atoms. The molecule has 1 aliphatic rings. The van der Waals surface area contributed by atoms with E-state index in [0.29, 0.717) is 12.2 Å². The summed E-state index contributed by atoms with van der Waals surface area (Å²) in [7, 11) is 0. The van der Waals surface area contributed by atoms with E-state index in [1.54, 1.807) is 0 Å². The quantitative estimate of drug-likeness (QED) is 0.687. The molecule has 0 amide bonds. The molecule has 0 saturated heterocycles. The number of rotatable bonds is 4. The Morgan fingerprint density at radius 2 is 1.92 bits per heavy atom. The average molecular weight is 398 g/mol. The molecule has 0 fully saturated rings. The first-order valence-electron chi connectivity index (χ1n) is 8.23. The van der Waals surface area contributed by atoms with Crippen LogP contribution in [0.1, 0.15) is 27.7 Å². The second-order valence-electron chi connectivity index (χ2n) is 6.36. The van der Waals surface area contributed by atoms with Crippen LogP contribution in [0.15, 0.2) is 71.6 Å². The van der Waals surface area contributed by atoms with Crippen LogP contribution in [0.3, 0.4) is 0 Å². The summed E-state index contributed by atoms with van der Waals surface area (Å²) in [5.41, 5.74) is 2.64. The van der Waals surface area contributed by atoms with Crippen LogP contribution in [0, 0.1) is 5.92 Å². The van der Waals surface area contributed by atoms with Crippen molar-refractivity contribution in [2.45, 2.75) is 19.2 Å². The molecule has 0 radical (unpaired) electrons. The van der Waals surface area contributed by atoms with Crippen molar-refractivity contribution in [1.29, 1.82) is 0 Å². The van der Waals surface area contributed by atoms with Gasteiger partial charge in [-0.2, -0.15) is 0 Å². The van der Waals surface area contributed by atoms with E-state index in [2.05, 4.69) is 26.6 Å².